The Balaban J connectivity index is 2.08. The van der Waals surface area contributed by atoms with Crippen molar-refractivity contribution in [1.82, 2.24) is 14.6 Å². The summed E-state index contributed by atoms with van der Waals surface area (Å²) < 4.78 is 2.81. The molecule has 0 fully saturated rings. The normalized spacial score (nSPS) is 10.8. The Bertz CT molecular complexity index is 751. The number of fused-ring (bicyclic) bond motifs is 1. The minimum absolute atomic E-state index is 0.562. The number of pyridine rings is 1. The summed E-state index contributed by atoms with van der Waals surface area (Å²) >= 11 is 3.45. The number of halogens is 1. The molecule has 0 unspecified atom stereocenters. The van der Waals surface area contributed by atoms with Crippen LogP contribution in [0.4, 0.5) is 0 Å². The lowest BCUT2D eigenvalue weighted by molar-refractivity contribution is 0.111. The number of nitrogens with zero attached hydrogens (tertiary/aromatic N) is 3. The molecule has 0 bridgehead atoms. The highest BCUT2D eigenvalue weighted by molar-refractivity contribution is 9.10. The Kier molecular flexibility index (Phi) is 3.13. The van der Waals surface area contributed by atoms with Crippen molar-refractivity contribution in [3.8, 4) is 0 Å². The molecule has 0 aliphatic rings. The van der Waals surface area contributed by atoms with Crippen molar-refractivity contribution >= 4 is 27.9 Å². The third-order valence-corrected chi connectivity index (χ3v) is 3.39. The molecule has 3 rings (SSSR count). The van der Waals surface area contributed by atoms with Crippen LogP contribution < -0.4 is 0 Å². The molecule has 0 spiro atoms. The Labute approximate surface area is 118 Å². The lowest BCUT2D eigenvalue weighted by Gasteiger charge is -2.03. The van der Waals surface area contributed by atoms with Gasteiger partial charge in [0, 0.05) is 10.9 Å². The zero-order valence-corrected chi connectivity index (χ0v) is 11.5. The minimum atomic E-state index is 0.562. The van der Waals surface area contributed by atoms with Gasteiger partial charge in [0.05, 0.1) is 5.69 Å². The highest BCUT2D eigenvalue weighted by Crippen LogP contribution is 2.16. The number of carbonyl (C=O) groups excluding carboxylic acids is 1. The van der Waals surface area contributed by atoms with Crippen LogP contribution in [0.25, 0.3) is 5.65 Å². The second kappa shape index (κ2) is 4.93. The molecule has 0 aliphatic carbocycles. The fourth-order valence-corrected chi connectivity index (χ4v) is 2.51. The predicted molar refractivity (Wildman–Crippen MR) is 75.3 cm³/mol. The highest BCUT2D eigenvalue weighted by Gasteiger charge is 2.09. The van der Waals surface area contributed by atoms with Crippen LogP contribution in [0.3, 0.4) is 0 Å². The summed E-state index contributed by atoms with van der Waals surface area (Å²) in [6, 6.07) is 13.4. The Morgan fingerprint density at radius 3 is 2.79 bits per heavy atom. The van der Waals surface area contributed by atoms with Crippen LogP contribution in [-0.4, -0.2) is 20.9 Å². The molecule has 0 aliphatic heterocycles. The first-order chi connectivity index (χ1) is 9.28. The van der Waals surface area contributed by atoms with Crippen LogP contribution in [0, 0.1) is 0 Å². The largest absolute Gasteiger partial charge is 0.296 e. The van der Waals surface area contributed by atoms with Crippen LogP contribution in [-0.2, 0) is 6.42 Å². The van der Waals surface area contributed by atoms with E-state index in [9.17, 15) is 4.79 Å². The van der Waals surface area contributed by atoms with E-state index in [0.29, 0.717) is 17.8 Å². The van der Waals surface area contributed by atoms with E-state index in [1.165, 1.54) is 0 Å². The molecule has 0 amide bonds. The van der Waals surface area contributed by atoms with Crippen LogP contribution in [0.1, 0.15) is 21.9 Å². The molecule has 0 atom stereocenters. The minimum Gasteiger partial charge on any atom is -0.296 e. The Morgan fingerprint density at radius 1 is 1.16 bits per heavy atom. The molecule has 94 valence electrons. The summed E-state index contributed by atoms with van der Waals surface area (Å²) in [5, 5.41) is 8.26. The first kappa shape index (κ1) is 12.0. The van der Waals surface area contributed by atoms with Gasteiger partial charge < -0.3 is 0 Å². The monoisotopic (exact) mass is 315 g/mol. The van der Waals surface area contributed by atoms with E-state index in [0.717, 1.165) is 22.1 Å². The number of carbonyl (C=O) groups is 1. The van der Waals surface area contributed by atoms with Crippen molar-refractivity contribution in [1.29, 1.82) is 0 Å². The molecule has 0 radical (unpaired) electrons. The molecule has 4 nitrogen and oxygen atoms in total. The first-order valence-corrected chi connectivity index (χ1v) is 6.60. The zero-order valence-electron chi connectivity index (χ0n) is 9.95. The van der Waals surface area contributed by atoms with Crippen molar-refractivity contribution in [2.24, 2.45) is 0 Å². The van der Waals surface area contributed by atoms with E-state index in [4.69, 9.17) is 0 Å². The second-order valence-corrected chi connectivity index (χ2v) is 5.10. The fraction of sp³-hybridized carbons (Fsp3) is 0.0714. The molecule has 1 aromatic carbocycles. The number of hydrogen-bond donors (Lipinski definition) is 0. The maximum absolute atomic E-state index is 11.1. The van der Waals surface area contributed by atoms with Crippen molar-refractivity contribution in [2.75, 3.05) is 0 Å². The number of benzene rings is 1. The second-order valence-electron chi connectivity index (χ2n) is 4.19. The van der Waals surface area contributed by atoms with Crippen LogP contribution in [0.2, 0.25) is 0 Å². The van der Waals surface area contributed by atoms with E-state index in [1.54, 1.807) is 16.5 Å². The van der Waals surface area contributed by atoms with Crippen molar-refractivity contribution in [3.63, 3.8) is 0 Å². The van der Waals surface area contributed by atoms with Gasteiger partial charge in [-0.05, 0) is 29.8 Å². The summed E-state index contributed by atoms with van der Waals surface area (Å²) in [7, 11) is 0. The summed E-state index contributed by atoms with van der Waals surface area (Å²) in [5.41, 5.74) is 2.37. The van der Waals surface area contributed by atoms with E-state index < -0.39 is 0 Å². The van der Waals surface area contributed by atoms with Gasteiger partial charge in [0.15, 0.2) is 11.9 Å². The van der Waals surface area contributed by atoms with E-state index in [1.807, 2.05) is 30.3 Å². The van der Waals surface area contributed by atoms with Gasteiger partial charge in [-0.1, -0.05) is 34.1 Å². The average Bonchev–Trinajstić information content (AvgIpc) is 2.82. The lowest BCUT2D eigenvalue weighted by atomic mass is 10.1. The standard InChI is InChI=1S/C14H10BrN3O/c15-11-4-1-3-10(7-11)8-14-17-16-13-6-2-5-12(9-19)18(13)14/h1-7,9H,8H2. The number of rotatable bonds is 3. The maximum atomic E-state index is 11.1. The SMILES string of the molecule is O=Cc1cccc2nnc(Cc3cccc(Br)c3)n12. The summed E-state index contributed by atoms with van der Waals surface area (Å²) in [6.07, 6.45) is 1.45. The average molecular weight is 316 g/mol. The van der Waals surface area contributed by atoms with Crippen molar-refractivity contribution in [2.45, 2.75) is 6.42 Å². The van der Waals surface area contributed by atoms with Crippen molar-refractivity contribution < 1.29 is 4.79 Å². The zero-order chi connectivity index (χ0) is 13.2. The Hall–Kier alpha value is -2.01. The molecule has 2 aromatic heterocycles. The number of aldehydes is 1. The first-order valence-electron chi connectivity index (χ1n) is 5.80. The van der Waals surface area contributed by atoms with Gasteiger partial charge in [0.2, 0.25) is 0 Å². The molecule has 0 saturated heterocycles. The van der Waals surface area contributed by atoms with Gasteiger partial charge in [-0.15, -0.1) is 10.2 Å². The number of hydrogen-bond acceptors (Lipinski definition) is 3. The van der Waals surface area contributed by atoms with Gasteiger partial charge in [-0.2, -0.15) is 0 Å². The molecular formula is C14H10BrN3O. The molecule has 0 saturated carbocycles. The third kappa shape index (κ3) is 2.29. The van der Waals surface area contributed by atoms with Gasteiger partial charge >= 0.3 is 0 Å². The fourth-order valence-electron chi connectivity index (χ4n) is 2.06. The smallest absolute Gasteiger partial charge is 0.166 e. The summed E-state index contributed by atoms with van der Waals surface area (Å²) in [6.45, 7) is 0. The predicted octanol–water partition coefficient (Wildman–Crippen LogP) is 2.90. The summed E-state index contributed by atoms with van der Waals surface area (Å²) in [4.78, 5) is 11.1. The van der Waals surface area contributed by atoms with Crippen LogP contribution in [0.5, 0.6) is 0 Å². The quantitative estimate of drug-likeness (QED) is 0.698. The van der Waals surface area contributed by atoms with E-state index >= 15 is 0 Å². The molecule has 2 heterocycles. The summed E-state index contributed by atoms with van der Waals surface area (Å²) in [5.74, 6) is 0.760. The van der Waals surface area contributed by atoms with Crippen molar-refractivity contribution in [3.05, 3.63) is 64.0 Å². The molecule has 3 aromatic rings. The maximum Gasteiger partial charge on any atom is 0.166 e. The molecule has 0 N–H and O–H groups in total. The Morgan fingerprint density at radius 2 is 2.00 bits per heavy atom. The van der Waals surface area contributed by atoms with Gasteiger partial charge in [0.25, 0.3) is 0 Å². The lowest BCUT2D eigenvalue weighted by Crippen LogP contribution is -2.01. The highest BCUT2D eigenvalue weighted by atomic mass is 79.9. The van der Waals surface area contributed by atoms with Gasteiger partial charge in [-0.25, -0.2) is 0 Å². The topological polar surface area (TPSA) is 47.3 Å². The molecular weight excluding hydrogens is 306 g/mol. The van der Waals surface area contributed by atoms with Crippen LogP contribution >= 0.6 is 15.9 Å². The van der Waals surface area contributed by atoms with Crippen LogP contribution in [0.15, 0.2) is 46.9 Å². The number of aromatic nitrogens is 3. The molecule has 19 heavy (non-hydrogen) atoms. The molecule has 5 heteroatoms. The third-order valence-electron chi connectivity index (χ3n) is 2.90. The van der Waals surface area contributed by atoms with Gasteiger partial charge in [-0.3, -0.25) is 9.20 Å². The van der Waals surface area contributed by atoms with Gasteiger partial charge in [0.1, 0.15) is 5.82 Å². The van der Waals surface area contributed by atoms with E-state index in [-0.39, 0.29) is 0 Å². The van der Waals surface area contributed by atoms with E-state index in [2.05, 4.69) is 26.1 Å².